The third-order valence-corrected chi connectivity index (χ3v) is 4.81. The van der Waals surface area contributed by atoms with Crippen LogP contribution in [0.4, 0.5) is 16.0 Å². The van der Waals surface area contributed by atoms with Gasteiger partial charge < -0.3 is 5.32 Å². The number of nitrogens with one attached hydrogen (secondary N) is 1. The lowest BCUT2D eigenvalue weighted by Crippen LogP contribution is -2.03. The van der Waals surface area contributed by atoms with Gasteiger partial charge in [0.1, 0.15) is 5.82 Å². The molecule has 2 aromatic heterocycles. The molecule has 0 radical (unpaired) electrons. The van der Waals surface area contributed by atoms with Crippen molar-refractivity contribution in [3.8, 4) is 17.3 Å². The number of nitriles is 1. The van der Waals surface area contributed by atoms with Gasteiger partial charge in [-0.25, -0.2) is 14.4 Å². The molecule has 7 nitrogen and oxygen atoms in total. The van der Waals surface area contributed by atoms with Crippen molar-refractivity contribution < 1.29 is 9.18 Å². The zero-order valence-corrected chi connectivity index (χ0v) is 16.0. The van der Waals surface area contributed by atoms with E-state index in [1.54, 1.807) is 12.3 Å². The number of benzene rings is 1. The fourth-order valence-corrected chi connectivity index (χ4v) is 3.09. The Morgan fingerprint density at radius 1 is 1.38 bits per heavy atom. The number of carbonyl (C=O) groups excluding carboxylic acids is 1. The van der Waals surface area contributed by atoms with Gasteiger partial charge in [-0.2, -0.15) is 10.4 Å². The van der Waals surface area contributed by atoms with E-state index in [9.17, 15) is 9.18 Å². The third-order valence-electron chi connectivity index (χ3n) is 4.53. The molecule has 1 aromatic carbocycles. The topological polar surface area (TPSA) is 96.5 Å². The van der Waals surface area contributed by atoms with E-state index in [0.717, 1.165) is 18.5 Å². The summed E-state index contributed by atoms with van der Waals surface area (Å²) in [6.45, 7) is 0. The lowest BCUT2D eigenvalue weighted by Gasteiger charge is -2.09. The molecule has 1 saturated carbocycles. The molecule has 0 amide bonds. The van der Waals surface area contributed by atoms with Crippen LogP contribution in [-0.2, 0) is 0 Å². The predicted octanol–water partition coefficient (Wildman–Crippen LogP) is 4.70. The maximum Gasteiger partial charge on any atom is 0.227 e. The molecule has 1 N–H and O–H groups in total. The van der Waals surface area contributed by atoms with Gasteiger partial charge in [0.25, 0.3) is 0 Å². The molecule has 146 valence electrons. The molecule has 1 aliphatic carbocycles. The lowest BCUT2D eigenvalue weighted by atomic mass is 10.0. The second-order valence-electron chi connectivity index (χ2n) is 6.73. The van der Waals surface area contributed by atoms with E-state index in [1.807, 2.05) is 16.9 Å². The van der Waals surface area contributed by atoms with Crippen molar-refractivity contribution in [2.45, 2.75) is 31.7 Å². The van der Waals surface area contributed by atoms with Crippen LogP contribution in [0.15, 0.2) is 36.8 Å². The number of aromatic nitrogens is 4. The Bertz CT molecular complexity index is 1120. The second kappa shape index (κ2) is 7.97. The summed E-state index contributed by atoms with van der Waals surface area (Å²) < 4.78 is 16.4. The largest absolute Gasteiger partial charge is 0.321 e. The SMILES string of the molecule is N#CCCC(=O)c1ccc(-c2nc(Nc3cnn(C4CC4)c3)ncc2Cl)cc1F. The van der Waals surface area contributed by atoms with Crippen LogP contribution < -0.4 is 5.32 Å². The van der Waals surface area contributed by atoms with E-state index < -0.39 is 11.6 Å². The summed E-state index contributed by atoms with van der Waals surface area (Å²) >= 11 is 6.22. The van der Waals surface area contributed by atoms with Gasteiger partial charge in [0.2, 0.25) is 5.95 Å². The number of anilines is 2. The number of hydrogen-bond donors (Lipinski definition) is 1. The molecule has 29 heavy (non-hydrogen) atoms. The monoisotopic (exact) mass is 410 g/mol. The van der Waals surface area contributed by atoms with Gasteiger partial charge in [0.15, 0.2) is 5.78 Å². The Balaban J connectivity index is 1.57. The normalized spacial score (nSPS) is 13.1. The van der Waals surface area contributed by atoms with Gasteiger partial charge in [-0.05, 0) is 25.0 Å². The van der Waals surface area contributed by atoms with E-state index in [4.69, 9.17) is 16.9 Å². The zero-order chi connectivity index (χ0) is 20.4. The van der Waals surface area contributed by atoms with Crippen LogP contribution >= 0.6 is 11.6 Å². The summed E-state index contributed by atoms with van der Waals surface area (Å²) in [6.07, 6.45) is 7.29. The molecule has 1 fully saturated rings. The number of nitrogens with zero attached hydrogens (tertiary/aromatic N) is 5. The first-order valence-electron chi connectivity index (χ1n) is 9.09. The van der Waals surface area contributed by atoms with Crippen LogP contribution in [0.2, 0.25) is 5.02 Å². The fraction of sp³-hybridized carbons (Fsp3) is 0.250. The quantitative estimate of drug-likeness (QED) is 0.567. The Morgan fingerprint density at radius 2 is 2.21 bits per heavy atom. The summed E-state index contributed by atoms with van der Waals surface area (Å²) in [5.74, 6) is -0.797. The molecule has 0 bridgehead atoms. The van der Waals surface area contributed by atoms with E-state index in [1.165, 1.54) is 18.3 Å². The summed E-state index contributed by atoms with van der Waals surface area (Å²) in [6, 6.07) is 6.51. The summed E-state index contributed by atoms with van der Waals surface area (Å²) in [5.41, 5.74) is 1.45. The van der Waals surface area contributed by atoms with Gasteiger partial charge >= 0.3 is 0 Å². The molecule has 0 atom stereocenters. The van der Waals surface area contributed by atoms with Gasteiger partial charge in [0, 0.05) is 24.6 Å². The van der Waals surface area contributed by atoms with Crippen molar-refractivity contribution in [3.05, 3.63) is 53.2 Å². The highest BCUT2D eigenvalue weighted by atomic mass is 35.5. The Kier molecular flexibility index (Phi) is 5.23. The van der Waals surface area contributed by atoms with E-state index in [0.29, 0.717) is 23.2 Å². The van der Waals surface area contributed by atoms with Crippen molar-refractivity contribution in [2.24, 2.45) is 0 Å². The summed E-state index contributed by atoms with van der Waals surface area (Å²) in [5, 5.41) is 16.2. The first-order valence-corrected chi connectivity index (χ1v) is 9.46. The molecule has 0 saturated heterocycles. The maximum atomic E-state index is 14.5. The van der Waals surface area contributed by atoms with E-state index in [-0.39, 0.29) is 23.4 Å². The van der Waals surface area contributed by atoms with E-state index >= 15 is 0 Å². The average Bonchev–Trinajstić information content (AvgIpc) is 3.46. The van der Waals surface area contributed by atoms with Gasteiger partial charge in [-0.1, -0.05) is 17.7 Å². The molecular weight excluding hydrogens is 395 g/mol. The minimum absolute atomic E-state index is 0.0242. The van der Waals surface area contributed by atoms with Gasteiger partial charge in [-0.3, -0.25) is 9.48 Å². The summed E-state index contributed by atoms with van der Waals surface area (Å²) in [7, 11) is 0. The zero-order valence-electron chi connectivity index (χ0n) is 15.3. The van der Waals surface area contributed by atoms with Crippen molar-refractivity contribution in [1.82, 2.24) is 19.7 Å². The highest BCUT2D eigenvalue weighted by molar-refractivity contribution is 6.32. The Hall–Kier alpha value is -3.31. The molecular formula is C20H16ClFN6O. The standard InChI is InChI=1S/C20H16ClFN6O/c21-16-10-24-20(26-13-9-25-28(11-13)14-4-5-14)27-19(16)12-3-6-15(17(22)8-12)18(29)2-1-7-23/h3,6,8-11,14H,1-2,4-5H2,(H,24,26,27). The van der Waals surface area contributed by atoms with Crippen molar-refractivity contribution in [3.63, 3.8) is 0 Å². The molecule has 2 heterocycles. The number of halogens is 2. The van der Waals surface area contributed by atoms with Crippen molar-refractivity contribution in [1.29, 1.82) is 5.26 Å². The number of ketones is 1. The molecule has 1 aliphatic rings. The second-order valence-corrected chi connectivity index (χ2v) is 7.14. The third kappa shape index (κ3) is 4.25. The molecule has 0 aliphatic heterocycles. The molecule has 9 heteroatoms. The number of carbonyl (C=O) groups is 1. The predicted molar refractivity (Wildman–Crippen MR) is 105 cm³/mol. The highest BCUT2D eigenvalue weighted by Crippen LogP contribution is 2.35. The van der Waals surface area contributed by atoms with Crippen LogP contribution in [0, 0.1) is 17.1 Å². The molecule has 0 spiro atoms. The highest BCUT2D eigenvalue weighted by Gasteiger charge is 2.24. The van der Waals surface area contributed by atoms with Crippen LogP contribution in [0.3, 0.4) is 0 Å². The fourth-order valence-electron chi connectivity index (χ4n) is 2.89. The van der Waals surface area contributed by atoms with Crippen LogP contribution in [-0.4, -0.2) is 25.5 Å². The van der Waals surface area contributed by atoms with Gasteiger partial charge in [-0.15, -0.1) is 0 Å². The molecule has 3 aromatic rings. The first kappa shape index (κ1) is 19.0. The first-order chi connectivity index (χ1) is 14.0. The van der Waals surface area contributed by atoms with Crippen molar-refractivity contribution in [2.75, 3.05) is 5.32 Å². The van der Waals surface area contributed by atoms with Crippen LogP contribution in [0.5, 0.6) is 0 Å². The summed E-state index contributed by atoms with van der Waals surface area (Å²) in [4.78, 5) is 20.5. The Labute approximate surface area is 171 Å². The number of hydrogen-bond acceptors (Lipinski definition) is 6. The van der Waals surface area contributed by atoms with Crippen LogP contribution in [0.25, 0.3) is 11.3 Å². The Morgan fingerprint density at radius 3 is 2.93 bits per heavy atom. The van der Waals surface area contributed by atoms with E-state index in [2.05, 4.69) is 20.4 Å². The minimum atomic E-state index is -0.680. The number of Topliss-reactive ketones (excluding diaryl/α,β-unsaturated/α-hetero) is 1. The lowest BCUT2D eigenvalue weighted by molar-refractivity contribution is 0.0980. The number of rotatable bonds is 7. The van der Waals surface area contributed by atoms with Crippen molar-refractivity contribution >= 4 is 29.0 Å². The van der Waals surface area contributed by atoms with Crippen LogP contribution in [0.1, 0.15) is 42.1 Å². The molecule has 0 unspecified atom stereocenters. The average molecular weight is 411 g/mol. The van der Waals surface area contributed by atoms with Gasteiger partial charge in [0.05, 0.1) is 46.5 Å². The minimum Gasteiger partial charge on any atom is -0.321 e. The smallest absolute Gasteiger partial charge is 0.227 e. The molecule has 4 rings (SSSR count). The maximum absolute atomic E-state index is 14.5.